The number of aromatic nitrogens is 2. The van der Waals surface area contributed by atoms with Gasteiger partial charge in [-0.15, -0.1) is 0 Å². The van der Waals surface area contributed by atoms with Crippen molar-refractivity contribution in [2.45, 2.75) is 50.7 Å². The van der Waals surface area contributed by atoms with E-state index in [1.165, 1.54) is 12.1 Å². The van der Waals surface area contributed by atoms with Crippen LogP contribution in [0.3, 0.4) is 0 Å². The number of methoxy groups -OCH3 is 1. The molecule has 1 aromatic carbocycles. The maximum Gasteiger partial charge on any atom is 0.245 e. The van der Waals surface area contributed by atoms with Crippen molar-refractivity contribution in [2.24, 2.45) is 0 Å². The lowest BCUT2D eigenvalue weighted by atomic mass is 9.87. The molecular formula is C19H24FN3O3. The zero-order valence-electron chi connectivity index (χ0n) is 15.0. The smallest absolute Gasteiger partial charge is 0.245 e. The van der Waals surface area contributed by atoms with Crippen molar-refractivity contribution >= 4 is 5.91 Å². The van der Waals surface area contributed by atoms with E-state index in [0.29, 0.717) is 12.5 Å². The number of ether oxygens (including phenoxy) is 1. The third-order valence-corrected chi connectivity index (χ3v) is 4.98. The molecule has 7 heteroatoms. The molecule has 2 atom stereocenters. The van der Waals surface area contributed by atoms with E-state index in [0.717, 1.165) is 29.7 Å². The SMILES string of the molecule is COC(CC(=O)NO)C(Cc1ccc(F)cc1C)c1ccnn1C1CC1. The van der Waals surface area contributed by atoms with Crippen LogP contribution < -0.4 is 5.48 Å². The standard InChI is InChI=1S/C19H24FN3O3/c1-12-9-14(20)4-3-13(12)10-16(18(26-2)11-19(24)22-25)17-7-8-21-23(17)15-5-6-15/h3-4,7-9,15-16,18,25H,5-6,10-11H2,1-2H3,(H,22,24). The molecule has 3 rings (SSSR count). The molecule has 1 saturated carbocycles. The van der Waals surface area contributed by atoms with Gasteiger partial charge in [-0.3, -0.25) is 14.7 Å². The highest BCUT2D eigenvalue weighted by Gasteiger charge is 2.33. The van der Waals surface area contributed by atoms with Crippen LogP contribution in [0, 0.1) is 12.7 Å². The Hall–Kier alpha value is -2.25. The maximum atomic E-state index is 13.5. The van der Waals surface area contributed by atoms with Crippen molar-refractivity contribution in [3.8, 4) is 0 Å². The molecule has 1 aliphatic carbocycles. The van der Waals surface area contributed by atoms with E-state index in [1.807, 2.05) is 17.7 Å². The van der Waals surface area contributed by atoms with Gasteiger partial charge in [0.1, 0.15) is 5.82 Å². The molecule has 26 heavy (non-hydrogen) atoms. The van der Waals surface area contributed by atoms with Gasteiger partial charge in [0.25, 0.3) is 0 Å². The molecular weight excluding hydrogens is 337 g/mol. The normalized spacial score (nSPS) is 16.3. The minimum Gasteiger partial charge on any atom is -0.380 e. The van der Waals surface area contributed by atoms with Gasteiger partial charge in [-0.2, -0.15) is 5.10 Å². The largest absolute Gasteiger partial charge is 0.380 e. The summed E-state index contributed by atoms with van der Waals surface area (Å²) in [5.74, 6) is -0.923. The first-order chi connectivity index (χ1) is 12.5. The number of rotatable bonds is 8. The second-order valence-electron chi connectivity index (χ2n) is 6.83. The molecule has 0 aliphatic heterocycles. The third-order valence-electron chi connectivity index (χ3n) is 4.98. The average Bonchev–Trinajstić information content (AvgIpc) is 3.36. The molecule has 1 aliphatic rings. The molecule has 140 valence electrons. The quantitative estimate of drug-likeness (QED) is 0.560. The Balaban J connectivity index is 1.94. The van der Waals surface area contributed by atoms with E-state index in [-0.39, 0.29) is 18.2 Å². The number of benzene rings is 1. The number of nitrogens with one attached hydrogen (secondary N) is 1. The van der Waals surface area contributed by atoms with Crippen molar-refractivity contribution < 1.29 is 19.1 Å². The molecule has 1 aromatic heterocycles. The molecule has 0 radical (unpaired) electrons. The third kappa shape index (κ3) is 4.11. The lowest BCUT2D eigenvalue weighted by molar-refractivity contribution is -0.132. The van der Waals surface area contributed by atoms with Crippen LogP contribution in [0.5, 0.6) is 0 Å². The Kier molecular flexibility index (Phi) is 5.68. The predicted molar refractivity (Wildman–Crippen MR) is 93.4 cm³/mol. The molecule has 2 unspecified atom stereocenters. The van der Waals surface area contributed by atoms with Crippen LogP contribution in [-0.4, -0.2) is 34.1 Å². The fourth-order valence-corrected chi connectivity index (χ4v) is 3.41. The molecule has 1 heterocycles. The first kappa shape index (κ1) is 18.5. The van der Waals surface area contributed by atoms with E-state index in [2.05, 4.69) is 5.10 Å². The molecule has 6 nitrogen and oxygen atoms in total. The lowest BCUT2D eigenvalue weighted by Gasteiger charge is -2.27. The highest BCUT2D eigenvalue weighted by Crippen LogP contribution is 2.39. The summed E-state index contributed by atoms with van der Waals surface area (Å²) in [6.45, 7) is 1.87. The van der Waals surface area contributed by atoms with Gasteiger partial charge >= 0.3 is 0 Å². The zero-order valence-corrected chi connectivity index (χ0v) is 15.0. The van der Waals surface area contributed by atoms with Gasteiger partial charge in [-0.05, 0) is 55.5 Å². The first-order valence-electron chi connectivity index (χ1n) is 8.77. The van der Waals surface area contributed by atoms with E-state index in [9.17, 15) is 9.18 Å². The zero-order chi connectivity index (χ0) is 18.7. The Morgan fingerprint density at radius 1 is 1.46 bits per heavy atom. The topological polar surface area (TPSA) is 76.4 Å². The van der Waals surface area contributed by atoms with Gasteiger partial charge in [0.05, 0.1) is 18.6 Å². The summed E-state index contributed by atoms with van der Waals surface area (Å²) in [6, 6.07) is 7.06. The van der Waals surface area contributed by atoms with Crippen LogP contribution in [0.4, 0.5) is 4.39 Å². The minimum absolute atomic E-state index is 0.0216. The molecule has 2 aromatic rings. The van der Waals surface area contributed by atoms with Gasteiger partial charge in [-0.1, -0.05) is 6.07 Å². The van der Waals surface area contributed by atoms with E-state index in [4.69, 9.17) is 9.94 Å². The van der Waals surface area contributed by atoms with Crippen LogP contribution in [0.25, 0.3) is 0 Å². The number of hydrogen-bond donors (Lipinski definition) is 2. The Morgan fingerprint density at radius 3 is 2.85 bits per heavy atom. The summed E-state index contributed by atoms with van der Waals surface area (Å²) in [6.07, 6.45) is 4.10. The second kappa shape index (κ2) is 7.97. The van der Waals surface area contributed by atoms with E-state index >= 15 is 0 Å². The number of carbonyl (C=O) groups is 1. The van der Waals surface area contributed by atoms with Crippen molar-refractivity contribution in [3.05, 3.63) is 53.1 Å². The van der Waals surface area contributed by atoms with Crippen molar-refractivity contribution in [3.63, 3.8) is 0 Å². The highest BCUT2D eigenvalue weighted by molar-refractivity contribution is 5.75. The molecule has 0 spiro atoms. The van der Waals surface area contributed by atoms with Crippen LogP contribution in [0.2, 0.25) is 0 Å². The van der Waals surface area contributed by atoms with Gasteiger partial charge in [0.2, 0.25) is 5.91 Å². The van der Waals surface area contributed by atoms with E-state index < -0.39 is 12.0 Å². The maximum absolute atomic E-state index is 13.5. The molecule has 1 fully saturated rings. The highest BCUT2D eigenvalue weighted by atomic mass is 19.1. The number of amides is 1. The molecule has 2 N–H and O–H groups in total. The molecule has 0 saturated heterocycles. The number of halogens is 1. The van der Waals surface area contributed by atoms with Crippen molar-refractivity contribution in [1.82, 2.24) is 15.3 Å². The summed E-state index contributed by atoms with van der Waals surface area (Å²) in [4.78, 5) is 11.7. The van der Waals surface area contributed by atoms with Crippen LogP contribution in [0.15, 0.2) is 30.5 Å². The Bertz CT molecular complexity index is 773. The van der Waals surface area contributed by atoms with Gasteiger partial charge in [0, 0.05) is 24.9 Å². The van der Waals surface area contributed by atoms with Crippen molar-refractivity contribution in [2.75, 3.05) is 7.11 Å². The summed E-state index contributed by atoms with van der Waals surface area (Å²) >= 11 is 0. The van der Waals surface area contributed by atoms with Crippen molar-refractivity contribution in [1.29, 1.82) is 0 Å². The number of hydroxylamine groups is 1. The number of nitrogens with zero attached hydrogens (tertiary/aromatic N) is 2. The van der Waals surface area contributed by atoms with Crippen LogP contribution >= 0.6 is 0 Å². The average molecular weight is 361 g/mol. The van der Waals surface area contributed by atoms with Crippen LogP contribution in [0.1, 0.15) is 48.0 Å². The second-order valence-corrected chi connectivity index (χ2v) is 6.83. The summed E-state index contributed by atoms with van der Waals surface area (Å²) in [5.41, 5.74) is 4.51. The molecule has 1 amide bonds. The van der Waals surface area contributed by atoms with Crippen LogP contribution in [-0.2, 0) is 16.0 Å². The summed E-state index contributed by atoms with van der Waals surface area (Å²) in [7, 11) is 1.55. The van der Waals surface area contributed by atoms with Gasteiger partial charge < -0.3 is 4.74 Å². The summed E-state index contributed by atoms with van der Waals surface area (Å²) < 4.78 is 21.1. The van der Waals surface area contributed by atoms with E-state index in [1.54, 1.807) is 24.9 Å². The Morgan fingerprint density at radius 2 is 2.23 bits per heavy atom. The number of aryl methyl sites for hydroxylation is 1. The fourth-order valence-electron chi connectivity index (χ4n) is 3.41. The fraction of sp³-hybridized carbons (Fsp3) is 0.474. The lowest BCUT2D eigenvalue weighted by Crippen LogP contribution is -2.32. The molecule has 0 bridgehead atoms. The summed E-state index contributed by atoms with van der Waals surface area (Å²) in [5, 5.41) is 13.3. The predicted octanol–water partition coefficient (Wildman–Crippen LogP) is 2.90. The minimum atomic E-state index is -0.504. The number of carbonyl (C=O) groups excluding carboxylic acids is 1. The van der Waals surface area contributed by atoms with Gasteiger partial charge in [0.15, 0.2) is 0 Å². The monoisotopic (exact) mass is 361 g/mol. The first-order valence-corrected chi connectivity index (χ1v) is 8.77. The van der Waals surface area contributed by atoms with Gasteiger partial charge in [-0.25, -0.2) is 9.87 Å². The Labute approximate surface area is 151 Å². The number of hydrogen-bond acceptors (Lipinski definition) is 4.